The Bertz CT molecular complexity index is 1090. The summed E-state index contributed by atoms with van der Waals surface area (Å²) in [4.78, 5) is 11.5. The van der Waals surface area contributed by atoms with Crippen molar-refractivity contribution in [2.45, 2.75) is 110 Å². The lowest BCUT2D eigenvalue weighted by Crippen LogP contribution is -2.14. The first-order valence-electron chi connectivity index (χ1n) is 15.0. The monoisotopic (exact) mass is 516 g/mol. The average Bonchev–Trinajstić information content (AvgIpc) is 2.94. The van der Waals surface area contributed by atoms with Crippen LogP contribution in [-0.2, 0) is 16.0 Å². The Balaban J connectivity index is 1.40. The Morgan fingerprint density at radius 3 is 2.00 bits per heavy atom. The first-order valence-corrected chi connectivity index (χ1v) is 15.0. The van der Waals surface area contributed by atoms with Gasteiger partial charge in [-0.1, -0.05) is 114 Å². The fraction of sp³-hybridized carbons (Fsp3) is 0.514. The maximum atomic E-state index is 11.5. The standard InChI is InChI=1S/C35H48O3/c1-4-6-7-8-9-10-11-12-13-14-25-37-34-23-21-30(22-24-34)32-20-19-31-26-29(17-18-33(31)27-32)16-15-28(3)38-35(36)5-2/h17-24,26-28H,4-16,25H2,1-3H3. The number of benzene rings is 3. The molecule has 0 spiro atoms. The van der Waals surface area contributed by atoms with E-state index in [1.54, 1.807) is 0 Å². The zero-order valence-electron chi connectivity index (χ0n) is 24.0. The predicted molar refractivity (Wildman–Crippen MR) is 161 cm³/mol. The number of ether oxygens (including phenoxy) is 2. The molecule has 0 bridgehead atoms. The first-order chi connectivity index (χ1) is 18.6. The molecule has 3 nitrogen and oxygen atoms in total. The minimum atomic E-state index is -0.128. The molecule has 3 heteroatoms. The maximum Gasteiger partial charge on any atom is 0.305 e. The summed E-state index contributed by atoms with van der Waals surface area (Å²) < 4.78 is 11.4. The molecule has 38 heavy (non-hydrogen) atoms. The van der Waals surface area contributed by atoms with Crippen molar-refractivity contribution in [2.75, 3.05) is 6.61 Å². The third-order valence-electron chi connectivity index (χ3n) is 7.32. The van der Waals surface area contributed by atoms with Gasteiger partial charge in [-0.05, 0) is 71.8 Å². The SMILES string of the molecule is CCCCCCCCCCCCOc1ccc(-c2ccc3cc(CCC(C)OC(=O)CC)ccc3c2)cc1. The van der Waals surface area contributed by atoms with Crippen molar-refractivity contribution in [3.63, 3.8) is 0 Å². The molecule has 0 fully saturated rings. The Kier molecular flexibility index (Phi) is 13.2. The van der Waals surface area contributed by atoms with Crippen LogP contribution in [0.2, 0.25) is 0 Å². The number of carbonyl (C=O) groups excluding carboxylic acids is 1. The summed E-state index contributed by atoms with van der Waals surface area (Å²) in [5, 5.41) is 2.47. The number of hydrogen-bond acceptors (Lipinski definition) is 3. The van der Waals surface area contributed by atoms with E-state index in [2.05, 4.69) is 67.6 Å². The summed E-state index contributed by atoms with van der Waals surface area (Å²) in [5.41, 5.74) is 3.69. The second-order valence-electron chi connectivity index (χ2n) is 10.6. The smallest absolute Gasteiger partial charge is 0.305 e. The summed E-state index contributed by atoms with van der Waals surface area (Å²) in [7, 11) is 0. The molecule has 0 heterocycles. The molecule has 1 unspecified atom stereocenters. The van der Waals surface area contributed by atoms with Crippen molar-refractivity contribution in [3.8, 4) is 16.9 Å². The Morgan fingerprint density at radius 2 is 1.32 bits per heavy atom. The van der Waals surface area contributed by atoms with E-state index in [0.29, 0.717) is 6.42 Å². The normalized spacial score (nSPS) is 12.0. The van der Waals surface area contributed by atoms with E-state index in [1.165, 1.54) is 85.3 Å². The van der Waals surface area contributed by atoms with Crippen LogP contribution >= 0.6 is 0 Å². The van der Waals surface area contributed by atoms with E-state index >= 15 is 0 Å². The van der Waals surface area contributed by atoms with Crippen LogP contribution in [0.1, 0.15) is 103 Å². The molecule has 3 aromatic rings. The van der Waals surface area contributed by atoms with Gasteiger partial charge in [0.05, 0.1) is 12.7 Å². The molecule has 0 radical (unpaired) electrons. The number of carbonyl (C=O) groups is 1. The van der Waals surface area contributed by atoms with E-state index in [-0.39, 0.29) is 12.1 Å². The summed E-state index contributed by atoms with van der Waals surface area (Å²) in [5.74, 6) is 0.825. The molecule has 206 valence electrons. The van der Waals surface area contributed by atoms with E-state index < -0.39 is 0 Å². The van der Waals surface area contributed by atoms with Crippen LogP contribution in [0, 0.1) is 0 Å². The van der Waals surface area contributed by atoms with Gasteiger partial charge in [0.15, 0.2) is 0 Å². The highest BCUT2D eigenvalue weighted by atomic mass is 16.5. The lowest BCUT2D eigenvalue weighted by molar-refractivity contribution is -0.148. The number of unbranched alkanes of at least 4 members (excludes halogenated alkanes) is 9. The summed E-state index contributed by atoms with van der Waals surface area (Å²) in [6.45, 7) is 6.87. The van der Waals surface area contributed by atoms with Crippen LogP contribution in [-0.4, -0.2) is 18.7 Å². The van der Waals surface area contributed by atoms with Gasteiger partial charge in [-0.3, -0.25) is 4.79 Å². The molecule has 0 N–H and O–H groups in total. The van der Waals surface area contributed by atoms with Crippen molar-refractivity contribution in [1.29, 1.82) is 0 Å². The number of esters is 1. The maximum absolute atomic E-state index is 11.5. The van der Waals surface area contributed by atoms with Crippen LogP contribution in [0.5, 0.6) is 5.75 Å². The molecule has 0 saturated heterocycles. The molecule has 0 aliphatic heterocycles. The zero-order chi connectivity index (χ0) is 27.0. The third kappa shape index (κ3) is 10.5. The van der Waals surface area contributed by atoms with Gasteiger partial charge in [-0.25, -0.2) is 0 Å². The highest BCUT2D eigenvalue weighted by Crippen LogP contribution is 2.27. The molecule has 3 rings (SSSR count). The second-order valence-corrected chi connectivity index (χ2v) is 10.6. The molecule has 3 aromatic carbocycles. The second kappa shape index (κ2) is 16.9. The van der Waals surface area contributed by atoms with E-state index in [1.807, 2.05) is 13.8 Å². The van der Waals surface area contributed by atoms with Crippen LogP contribution in [0.3, 0.4) is 0 Å². The van der Waals surface area contributed by atoms with Crippen molar-refractivity contribution < 1.29 is 14.3 Å². The van der Waals surface area contributed by atoms with E-state index in [4.69, 9.17) is 9.47 Å². The van der Waals surface area contributed by atoms with Crippen LogP contribution < -0.4 is 4.74 Å². The quantitative estimate of drug-likeness (QED) is 0.125. The number of aryl methyl sites for hydroxylation is 1. The van der Waals surface area contributed by atoms with Crippen molar-refractivity contribution in [3.05, 3.63) is 66.2 Å². The van der Waals surface area contributed by atoms with Crippen molar-refractivity contribution in [2.24, 2.45) is 0 Å². The van der Waals surface area contributed by atoms with Gasteiger partial charge in [0, 0.05) is 6.42 Å². The van der Waals surface area contributed by atoms with Gasteiger partial charge in [0.1, 0.15) is 5.75 Å². The Labute approximate surface area is 230 Å². The first kappa shape index (κ1) is 29.7. The summed E-state index contributed by atoms with van der Waals surface area (Å²) in [6, 6.07) is 21.8. The number of fused-ring (bicyclic) bond motifs is 1. The zero-order valence-corrected chi connectivity index (χ0v) is 24.0. The van der Waals surface area contributed by atoms with Crippen molar-refractivity contribution in [1.82, 2.24) is 0 Å². The number of rotatable bonds is 18. The van der Waals surface area contributed by atoms with Crippen molar-refractivity contribution >= 4 is 16.7 Å². The largest absolute Gasteiger partial charge is 0.494 e. The van der Waals surface area contributed by atoms with Gasteiger partial charge < -0.3 is 9.47 Å². The lowest BCUT2D eigenvalue weighted by Gasteiger charge is -2.13. The fourth-order valence-electron chi connectivity index (χ4n) is 4.89. The van der Waals surface area contributed by atoms with Gasteiger partial charge in [-0.15, -0.1) is 0 Å². The molecule has 0 amide bonds. The molecule has 1 atom stereocenters. The fourth-order valence-corrected chi connectivity index (χ4v) is 4.89. The molecule has 0 aromatic heterocycles. The summed E-state index contributed by atoms with van der Waals surface area (Å²) >= 11 is 0. The Hall–Kier alpha value is -2.81. The number of hydrogen-bond donors (Lipinski definition) is 0. The minimum Gasteiger partial charge on any atom is -0.494 e. The minimum absolute atomic E-state index is 0.0534. The van der Waals surface area contributed by atoms with Crippen LogP contribution in [0.15, 0.2) is 60.7 Å². The molecular formula is C35H48O3. The van der Waals surface area contributed by atoms with Crippen LogP contribution in [0.4, 0.5) is 0 Å². The Morgan fingerprint density at radius 1 is 0.711 bits per heavy atom. The lowest BCUT2D eigenvalue weighted by atomic mass is 9.98. The molecular weight excluding hydrogens is 468 g/mol. The highest BCUT2D eigenvalue weighted by molar-refractivity contribution is 5.88. The molecule has 0 aliphatic rings. The van der Waals surface area contributed by atoms with Gasteiger partial charge >= 0.3 is 5.97 Å². The van der Waals surface area contributed by atoms with Gasteiger partial charge in [0.25, 0.3) is 0 Å². The summed E-state index contributed by atoms with van der Waals surface area (Å²) in [6.07, 6.45) is 15.5. The predicted octanol–water partition coefficient (Wildman–Crippen LogP) is 10.1. The molecule has 0 saturated carbocycles. The van der Waals surface area contributed by atoms with Crippen LogP contribution in [0.25, 0.3) is 21.9 Å². The third-order valence-corrected chi connectivity index (χ3v) is 7.32. The van der Waals surface area contributed by atoms with Gasteiger partial charge in [-0.2, -0.15) is 0 Å². The topological polar surface area (TPSA) is 35.5 Å². The molecule has 0 aliphatic carbocycles. The van der Waals surface area contributed by atoms with Gasteiger partial charge in [0.2, 0.25) is 0 Å². The highest BCUT2D eigenvalue weighted by Gasteiger charge is 2.08. The van der Waals surface area contributed by atoms with E-state index in [0.717, 1.165) is 31.6 Å². The average molecular weight is 517 g/mol. The van der Waals surface area contributed by atoms with E-state index in [9.17, 15) is 4.79 Å².